The van der Waals surface area contributed by atoms with Gasteiger partial charge in [0.15, 0.2) is 5.13 Å². The number of fused-ring (bicyclic) bond motifs is 1. The van der Waals surface area contributed by atoms with Gasteiger partial charge in [0.1, 0.15) is 11.3 Å². The molecule has 1 fully saturated rings. The smallest absolute Gasteiger partial charge is 0.261 e. The van der Waals surface area contributed by atoms with E-state index in [9.17, 15) is 13.2 Å². The van der Waals surface area contributed by atoms with Crippen LogP contribution in [-0.2, 0) is 10.0 Å². The van der Waals surface area contributed by atoms with E-state index in [-0.39, 0.29) is 34.5 Å². The van der Waals surface area contributed by atoms with Crippen molar-refractivity contribution in [3.8, 4) is 5.75 Å². The number of piperazine rings is 1. The average molecular weight is 602 g/mol. The lowest BCUT2D eigenvalue weighted by molar-refractivity contribution is 0.0948. The summed E-state index contributed by atoms with van der Waals surface area (Å²) < 4.78 is 34.9. The van der Waals surface area contributed by atoms with E-state index in [0.29, 0.717) is 19.7 Å². The van der Waals surface area contributed by atoms with Crippen LogP contribution in [0.3, 0.4) is 0 Å². The zero-order valence-corrected chi connectivity index (χ0v) is 24.5. The van der Waals surface area contributed by atoms with Gasteiger partial charge in [0, 0.05) is 39.3 Å². The highest BCUT2D eigenvalue weighted by atomic mass is 35.5. The van der Waals surface area contributed by atoms with E-state index in [4.69, 9.17) is 9.72 Å². The summed E-state index contributed by atoms with van der Waals surface area (Å²) in [7, 11) is -3.80. The Balaban J connectivity index is 0.00000370. The van der Waals surface area contributed by atoms with Gasteiger partial charge >= 0.3 is 0 Å². The first-order valence-electron chi connectivity index (χ1n) is 12.9. The van der Waals surface area contributed by atoms with Crippen LogP contribution in [0.15, 0.2) is 77.7 Å². The highest BCUT2D eigenvalue weighted by Crippen LogP contribution is 2.34. The molecule has 2 heterocycles. The zero-order valence-electron chi connectivity index (χ0n) is 22.1. The number of carbonyl (C=O) groups is 1. The lowest BCUT2D eigenvalue weighted by Crippen LogP contribution is -2.48. The summed E-state index contributed by atoms with van der Waals surface area (Å²) in [5, 5.41) is 3.94. The third kappa shape index (κ3) is 6.84. The summed E-state index contributed by atoms with van der Waals surface area (Å²) >= 11 is 1.68. The second-order valence-electron chi connectivity index (χ2n) is 9.08. The van der Waals surface area contributed by atoms with Crippen LogP contribution in [0.2, 0.25) is 0 Å². The molecule has 0 saturated carbocycles. The Bertz CT molecular complexity index is 1540. The number of hydrogen-bond acceptors (Lipinski definition) is 8. The minimum Gasteiger partial charge on any atom is -0.492 e. The van der Waals surface area contributed by atoms with Crippen LogP contribution in [0.25, 0.3) is 10.2 Å². The minimum atomic E-state index is -3.80. The molecular formula is C28H32ClN5O4S2. The summed E-state index contributed by atoms with van der Waals surface area (Å²) in [6, 6.07) is 20.7. The molecule has 40 heavy (non-hydrogen) atoms. The summed E-state index contributed by atoms with van der Waals surface area (Å²) in [4.78, 5) is 22.5. The van der Waals surface area contributed by atoms with E-state index in [1.807, 2.05) is 19.1 Å². The van der Waals surface area contributed by atoms with Crippen molar-refractivity contribution in [3.63, 3.8) is 0 Å². The Morgan fingerprint density at radius 3 is 2.45 bits per heavy atom. The van der Waals surface area contributed by atoms with Gasteiger partial charge in [-0.3, -0.25) is 14.4 Å². The summed E-state index contributed by atoms with van der Waals surface area (Å²) in [6.45, 7) is 7.15. The number of benzene rings is 3. The van der Waals surface area contributed by atoms with Crippen LogP contribution in [-0.4, -0.2) is 70.1 Å². The van der Waals surface area contributed by atoms with Gasteiger partial charge in [0.2, 0.25) is 0 Å². The Hall–Kier alpha value is -3.38. The first-order valence-corrected chi connectivity index (χ1v) is 15.2. The second-order valence-corrected chi connectivity index (χ2v) is 11.8. The van der Waals surface area contributed by atoms with Gasteiger partial charge in [-0.25, -0.2) is 13.4 Å². The summed E-state index contributed by atoms with van der Waals surface area (Å²) in [5.41, 5.74) is 1.44. The fourth-order valence-corrected chi connectivity index (χ4v) is 6.61. The quantitative estimate of drug-likeness (QED) is 0.276. The van der Waals surface area contributed by atoms with E-state index in [0.717, 1.165) is 47.3 Å². The molecule has 1 saturated heterocycles. The zero-order chi connectivity index (χ0) is 27.2. The Morgan fingerprint density at radius 1 is 0.975 bits per heavy atom. The predicted octanol–water partition coefficient (Wildman–Crippen LogP) is 4.47. The molecule has 212 valence electrons. The molecule has 2 N–H and O–H groups in total. The lowest BCUT2D eigenvalue weighted by Gasteiger charge is -2.34. The normalized spacial score (nSPS) is 14.0. The Kier molecular flexibility index (Phi) is 9.85. The standard InChI is InChI=1S/C28H31N5O4S2.ClH/c1-2-37-24-13-8-14-25-26(24)30-28(38-25)33-19-17-32(18-20-33)16-15-29-27(34)22-11-6-7-12-23(22)31-39(35,36)21-9-4-3-5-10-21;/h3-14,31H,2,15-20H2,1H3,(H,29,34);1H. The summed E-state index contributed by atoms with van der Waals surface area (Å²) in [6.07, 6.45) is 0. The van der Waals surface area contributed by atoms with Crippen LogP contribution in [0.1, 0.15) is 17.3 Å². The Morgan fingerprint density at radius 2 is 1.70 bits per heavy atom. The summed E-state index contributed by atoms with van der Waals surface area (Å²) in [5.74, 6) is 0.501. The number of halogens is 1. The maximum absolute atomic E-state index is 12.9. The Labute approximate surface area is 244 Å². The molecule has 12 heteroatoms. The molecule has 0 atom stereocenters. The van der Waals surface area contributed by atoms with Crippen molar-refractivity contribution in [1.29, 1.82) is 0 Å². The second kappa shape index (κ2) is 13.3. The molecule has 1 amide bonds. The molecule has 0 bridgehead atoms. The van der Waals surface area contributed by atoms with E-state index >= 15 is 0 Å². The van der Waals surface area contributed by atoms with Crippen LogP contribution in [0.4, 0.5) is 10.8 Å². The molecule has 4 aromatic rings. The van der Waals surface area contributed by atoms with Crippen LogP contribution >= 0.6 is 23.7 Å². The maximum Gasteiger partial charge on any atom is 0.261 e. The predicted molar refractivity (Wildman–Crippen MR) is 163 cm³/mol. The molecule has 1 aromatic heterocycles. The molecule has 0 aliphatic carbocycles. The van der Waals surface area contributed by atoms with Gasteiger partial charge in [-0.1, -0.05) is 47.7 Å². The van der Waals surface area contributed by atoms with Crippen molar-refractivity contribution < 1.29 is 17.9 Å². The van der Waals surface area contributed by atoms with Gasteiger partial charge in [0.05, 0.1) is 27.5 Å². The highest BCUT2D eigenvalue weighted by molar-refractivity contribution is 7.92. The number of aromatic nitrogens is 1. The number of nitrogens with zero attached hydrogens (tertiary/aromatic N) is 3. The number of para-hydroxylation sites is 2. The topological polar surface area (TPSA) is 104 Å². The van der Waals surface area contributed by atoms with Crippen LogP contribution in [0.5, 0.6) is 5.75 Å². The molecule has 3 aromatic carbocycles. The van der Waals surface area contributed by atoms with Crippen LogP contribution in [0, 0.1) is 0 Å². The van der Waals surface area contributed by atoms with Crippen molar-refractivity contribution in [3.05, 3.63) is 78.4 Å². The number of sulfonamides is 1. The fraction of sp³-hybridized carbons (Fsp3) is 0.286. The van der Waals surface area contributed by atoms with Crippen LogP contribution < -0.4 is 19.7 Å². The molecule has 9 nitrogen and oxygen atoms in total. The molecular weight excluding hydrogens is 570 g/mol. The average Bonchev–Trinajstić information content (AvgIpc) is 3.40. The minimum absolute atomic E-state index is 0. The molecule has 0 unspecified atom stereocenters. The highest BCUT2D eigenvalue weighted by Gasteiger charge is 2.22. The molecule has 1 aliphatic rings. The van der Waals surface area contributed by atoms with E-state index in [1.54, 1.807) is 53.8 Å². The fourth-order valence-electron chi connectivity index (χ4n) is 4.48. The van der Waals surface area contributed by atoms with E-state index < -0.39 is 10.0 Å². The van der Waals surface area contributed by atoms with Gasteiger partial charge in [-0.15, -0.1) is 12.4 Å². The number of amides is 1. The van der Waals surface area contributed by atoms with Gasteiger partial charge in [-0.2, -0.15) is 0 Å². The SMILES string of the molecule is CCOc1cccc2sc(N3CCN(CCNC(=O)c4ccccc4NS(=O)(=O)c4ccccc4)CC3)nc12.Cl. The van der Waals surface area contributed by atoms with E-state index in [2.05, 4.69) is 25.9 Å². The number of anilines is 2. The van der Waals surface area contributed by atoms with Crippen molar-refractivity contribution in [2.24, 2.45) is 0 Å². The van der Waals surface area contributed by atoms with Crippen molar-refractivity contribution in [1.82, 2.24) is 15.2 Å². The first-order chi connectivity index (χ1) is 18.9. The van der Waals surface area contributed by atoms with Crippen molar-refractivity contribution in [2.45, 2.75) is 11.8 Å². The number of rotatable bonds is 10. The number of carbonyl (C=O) groups excluding carboxylic acids is 1. The number of nitrogens with one attached hydrogen (secondary N) is 2. The monoisotopic (exact) mass is 601 g/mol. The van der Waals surface area contributed by atoms with E-state index in [1.165, 1.54) is 12.1 Å². The lowest BCUT2D eigenvalue weighted by atomic mass is 10.1. The van der Waals surface area contributed by atoms with Crippen molar-refractivity contribution in [2.75, 3.05) is 55.5 Å². The molecule has 1 aliphatic heterocycles. The maximum atomic E-state index is 12.9. The number of ether oxygens (including phenoxy) is 1. The number of thiazole rings is 1. The molecule has 5 rings (SSSR count). The van der Waals surface area contributed by atoms with Gasteiger partial charge < -0.3 is 15.0 Å². The molecule has 0 radical (unpaired) electrons. The molecule has 0 spiro atoms. The third-order valence-electron chi connectivity index (χ3n) is 6.50. The van der Waals surface area contributed by atoms with Crippen molar-refractivity contribution >= 4 is 60.7 Å². The largest absolute Gasteiger partial charge is 0.492 e. The number of hydrogen-bond donors (Lipinski definition) is 2. The first kappa shape index (κ1) is 29.6. The third-order valence-corrected chi connectivity index (χ3v) is 8.96. The van der Waals surface area contributed by atoms with Gasteiger partial charge in [0.25, 0.3) is 15.9 Å². The van der Waals surface area contributed by atoms with Gasteiger partial charge in [-0.05, 0) is 43.3 Å².